The summed E-state index contributed by atoms with van der Waals surface area (Å²) in [5, 5.41) is -5.40. The Bertz CT molecular complexity index is 772. The smallest absolute Gasteiger partial charge is 0.258 e. The summed E-state index contributed by atoms with van der Waals surface area (Å²) in [6.45, 7) is 0. The molecule has 0 spiro atoms. The minimum atomic E-state index is -2.45. The summed E-state index contributed by atoms with van der Waals surface area (Å²) in [5.74, 6) is -16.2. The van der Waals surface area contributed by atoms with E-state index in [1.54, 1.807) is 0 Å². The van der Waals surface area contributed by atoms with Gasteiger partial charge >= 0.3 is 0 Å². The van der Waals surface area contributed by atoms with Gasteiger partial charge in [-0.1, -0.05) is 0 Å². The highest BCUT2D eigenvalue weighted by Crippen LogP contribution is 2.34. The minimum Gasteiger partial charge on any atom is -0.275 e. The van der Waals surface area contributed by atoms with E-state index in [4.69, 9.17) is 11.6 Å². The third kappa shape index (κ3) is 1.75. The molecule has 0 aliphatic heterocycles. The Morgan fingerprint density at radius 1 is 0.600 bits per heavy atom. The number of carbonyl (C=O) groups excluding carboxylic acids is 1. The zero-order valence-electron chi connectivity index (χ0n) is 8.93. The Labute approximate surface area is 110 Å². The Morgan fingerprint density at radius 2 is 0.950 bits per heavy atom. The van der Waals surface area contributed by atoms with Crippen molar-refractivity contribution in [2.45, 2.75) is 0 Å². The van der Waals surface area contributed by atoms with E-state index in [0.29, 0.717) is 0 Å². The van der Waals surface area contributed by atoms with Crippen molar-refractivity contribution in [3.63, 3.8) is 0 Å². The molecule has 0 bridgehead atoms. The van der Waals surface area contributed by atoms with Crippen LogP contribution < -0.4 is 0 Å². The largest absolute Gasteiger partial charge is 0.275 e. The fourth-order valence-corrected chi connectivity index (χ4v) is 1.82. The van der Waals surface area contributed by atoms with Gasteiger partial charge in [0.05, 0.1) is 10.8 Å². The van der Waals surface area contributed by atoms with Crippen molar-refractivity contribution in [1.29, 1.82) is 0 Å². The van der Waals surface area contributed by atoms with Gasteiger partial charge in [-0.3, -0.25) is 4.79 Å². The van der Waals surface area contributed by atoms with Crippen LogP contribution in [0.4, 0.5) is 30.7 Å². The Kier molecular flexibility index (Phi) is 3.37. The molecule has 0 aliphatic rings. The molecule has 2 rings (SSSR count). The summed E-state index contributed by atoms with van der Waals surface area (Å²) in [4.78, 5) is 10.8. The number of carbonyl (C=O) groups is 1. The van der Waals surface area contributed by atoms with Crippen LogP contribution in [0.2, 0.25) is 0 Å². The van der Waals surface area contributed by atoms with E-state index in [-0.39, 0.29) is 0 Å². The zero-order valence-corrected chi connectivity index (χ0v) is 9.69. The van der Waals surface area contributed by atoms with Crippen molar-refractivity contribution >= 4 is 27.6 Å². The first-order valence-corrected chi connectivity index (χ1v) is 5.09. The van der Waals surface area contributed by atoms with Crippen LogP contribution >= 0.6 is 11.6 Å². The van der Waals surface area contributed by atoms with Gasteiger partial charge in [-0.2, -0.15) is 0 Å². The first-order valence-electron chi connectivity index (χ1n) is 4.72. The molecule has 106 valence electrons. The summed E-state index contributed by atoms with van der Waals surface area (Å²) in [5.41, 5.74) is -1.74. The monoisotopic (exact) mass is 316 g/mol. The molecular weight excluding hydrogens is 317 g/mol. The van der Waals surface area contributed by atoms with Gasteiger partial charge in [0.25, 0.3) is 5.24 Å². The molecule has 0 unspecified atom stereocenters. The summed E-state index contributed by atoms with van der Waals surface area (Å²) in [7, 11) is 0. The lowest BCUT2D eigenvalue weighted by Crippen LogP contribution is -2.09. The summed E-state index contributed by atoms with van der Waals surface area (Å²) < 4.78 is 93.2. The lowest BCUT2D eigenvalue weighted by Gasteiger charge is -2.10. The number of fused-ring (bicyclic) bond motifs is 1. The molecule has 0 atom stereocenters. The van der Waals surface area contributed by atoms with Crippen LogP contribution in [0, 0.1) is 40.7 Å². The molecule has 2 aromatic rings. The maximum absolute atomic E-state index is 13.7. The molecule has 0 fully saturated rings. The van der Waals surface area contributed by atoms with Crippen molar-refractivity contribution in [2.24, 2.45) is 0 Å². The maximum atomic E-state index is 13.7. The second-order valence-electron chi connectivity index (χ2n) is 3.60. The quantitative estimate of drug-likeness (QED) is 0.334. The number of rotatable bonds is 1. The van der Waals surface area contributed by atoms with Crippen LogP contribution in [0.5, 0.6) is 0 Å². The van der Waals surface area contributed by atoms with Crippen LogP contribution in [-0.4, -0.2) is 5.24 Å². The van der Waals surface area contributed by atoms with Gasteiger partial charge in [0.1, 0.15) is 11.4 Å². The standard InChI is InChI=1S/C11ClF7O/c12-11(20)3-4(13)1-2(5(14)8(3)17)7(16)10(19)9(18)6(1)15. The molecule has 0 radical (unpaired) electrons. The highest BCUT2D eigenvalue weighted by Gasteiger charge is 2.32. The molecule has 9 heteroatoms. The van der Waals surface area contributed by atoms with E-state index in [0.717, 1.165) is 0 Å². The normalized spacial score (nSPS) is 11.2. The number of halogens is 8. The van der Waals surface area contributed by atoms with Gasteiger partial charge in [0, 0.05) is 0 Å². The van der Waals surface area contributed by atoms with E-state index in [1.165, 1.54) is 0 Å². The summed E-state index contributed by atoms with van der Waals surface area (Å²) >= 11 is 4.78. The molecule has 0 amide bonds. The number of benzene rings is 2. The highest BCUT2D eigenvalue weighted by molar-refractivity contribution is 6.67. The minimum absolute atomic E-state index is 1.74. The molecule has 0 aliphatic carbocycles. The fraction of sp³-hybridized carbons (Fsp3) is 0. The van der Waals surface area contributed by atoms with Crippen LogP contribution in [0.1, 0.15) is 10.4 Å². The zero-order chi connectivity index (χ0) is 15.4. The Morgan fingerprint density at radius 3 is 1.35 bits per heavy atom. The Hall–Kier alpha value is -1.83. The van der Waals surface area contributed by atoms with Crippen molar-refractivity contribution in [3.05, 3.63) is 46.3 Å². The molecule has 20 heavy (non-hydrogen) atoms. The third-order valence-electron chi connectivity index (χ3n) is 2.53. The van der Waals surface area contributed by atoms with E-state index < -0.39 is 62.3 Å². The van der Waals surface area contributed by atoms with Gasteiger partial charge < -0.3 is 0 Å². The molecule has 0 heterocycles. The van der Waals surface area contributed by atoms with E-state index in [2.05, 4.69) is 0 Å². The second-order valence-corrected chi connectivity index (χ2v) is 3.94. The molecule has 0 N–H and O–H groups in total. The topological polar surface area (TPSA) is 17.1 Å². The summed E-state index contributed by atoms with van der Waals surface area (Å²) in [6, 6.07) is 0. The predicted molar refractivity (Wildman–Crippen MR) is 53.8 cm³/mol. The maximum Gasteiger partial charge on any atom is 0.258 e. The van der Waals surface area contributed by atoms with Crippen LogP contribution in [0.25, 0.3) is 10.8 Å². The highest BCUT2D eigenvalue weighted by atomic mass is 35.5. The second kappa shape index (κ2) is 4.62. The van der Waals surface area contributed by atoms with Crippen LogP contribution in [-0.2, 0) is 0 Å². The van der Waals surface area contributed by atoms with Gasteiger partial charge in [0.15, 0.2) is 34.9 Å². The number of hydrogen-bond acceptors (Lipinski definition) is 1. The molecular formula is C11ClF7O. The Balaban J connectivity index is 3.21. The van der Waals surface area contributed by atoms with Gasteiger partial charge in [-0.05, 0) is 11.6 Å². The van der Waals surface area contributed by atoms with Crippen molar-refractivity contribution in [3.8, 4) is 0 Å². The molecule has 0 saturated carbocycles. The first kappa shape index (κ1) is 14.6. The van der Waals surface area contributed by atoms with E-state index >= 15 is 0 Å². The average Bonchev–Trinajstić information content (AvgIpc) is 2.37. The molecule has 1 nitrogen and oxygen atoms in total. The SMILES string of the molecule is O=C(Cl)c1c(F)c(F)c2c(F)c(F)c(F)c(F)c2c1F. The molecule has 2 aromatic carbocycles. The molecule has 0 saturated heterocycles. The lowest BCUT2D eigenvalue weighted by atomic mass is 10.0. The lowest BCUT2D eigenvalue weighted by molar-refractivity contribution is 0.107. The van der Waals surface area contributed by atoms with Gasteiger partial charge in [0.2, 0.25) is 0 Å². The first-order chi connectivity index (χ1) is 9.20. The van der Waals surface area contributed by atoms with Crippen molar-refractivity contribution in [1.82, 2.24) is 0 Å². The average molecular weight is 317 g/mol. The van der Waals surface area contributed by atoms with Crippen molar-refractivity contribution < 1.29 is 35.5 Å². The van der Waals surface area contributed by atoms with E-state index in [9.17, 15) is 35.5 Å². The van der Waals surface area contributed by atoms with Gasteiger partial charge in [-0.15, -0.1) is 0 Å². The summed E-state index contributed by atoms with van der Waals surface area (Å²) in [6.07, 6.45) is 0. The predicted octanol–water partition coefficient (Wildman–Crippen LogP) is 4.19. The van der Waals surface area contributed by atoms with Crippen LogP contribution in [0.3, 0.4) is 0 Å². The number of hydrogen-bond donors (Lipinski definition) is 0. The van der Waals surface area contributed by atoms with Crippen LogP contribution in [0.15, 0.2) is 0 Å². The van der Waals surface area contributed by atoms with Gasteiger partial charge in [-0.25, -0.2) is 30.7 Å². The van der Waals surface area contributed by atoms with Crippen molar-refractivity contribution in [2.75, 3.05) is 0 Å². The fourth-order valence-electron chi connectivity index (χ4n) is 1.66. The third-order valence-corrected chi connectivity index (χ3v) is 2.72. The molecule has 0 aromatic heterocycles. The van der Waals surface area contributed by atoms with E-state index in [1.807, 2.05) is 0 Å².